The highest BCUT2D eigenvalue weighted by molar-refractivity contribution is 5.98. The van der Waals surface area contributed by atoms with E-state index in [9.17, 15) is 4.39 Å². The monoisotopic (exact) mass is 312 g/mol. The summed E-state index contributed by atoms with van der Waals surface area (Å²) in [7, 11) is 1.74. The van der Waals surface area contributed by atoms with Crippen molar-refractivity contribution in [3.8, 4) is 11.3 Å². The van der Waals surface area contributed by atoms with Crippen LogP contribution in [0, 0.1) is 11.7 Å². The lowest BCUT2D eigenvalue weighted by Gasteiger charge is -2.08. The fraction of sp³-hybridized carbons (Fsp3) is 0.312. The summed E-state index contributed by atoms with van der Waals surface area (Å²) in [5.74, 6) is 1.22. The first-order valence-corrected chi connectivity index (χ1v) is 7.62. The van der Waals surface area contributed by atoms with Crippen molar-refractivity contribution in [2.45, 2.75) is 12.8 Å². The molecule has 0 bridgehead atoms. The average Bonchev–Trinajstić information content (AvgIpc) is 3.32. The Labute approximate surface area is 132 Å². The molecule has 1 fully saturated rings. The molecule has 1 aliphatic rings. The minimum absolute atomic E-state index is 0.344. The number of nitrogen functional groups attached to an aromatic ring is 1. The quantitative estimate of drug-likeness (QED) is 0.774. The second-order valence-electron chi connectivity index (χ2n) is 5.91. The van der Waals surface area contributed by atoms with Gasteiger partial charge in [-0.2, -0.15) is 10.1 Å². The van der Waals surface area contributed by atoms with Crippen molar-refractivity contribution >= 4 is 22.8 Å². The van der Waals surface area contributed by atoms with E-state index in [1.165, 1.54) is 23.6 Å². The number of halogens is 1. The molecule has 7 heteroatoms. The van der Waals surface area contributed by atoms with Crippen LogP contribution in [-0.4, -0.2) is 26.3 Å². The summed E-state index contributed by atoms with van der Waals surface area (Å²) in [6.07, 6.45) is 2.46. The zero-order chi connectivity index (χ0) is 16.0. The number of nitrogens with zero attached hydrogens (tertiary/aromatic N) is 4. The van der Waals surface area contributed by atoms with Gasteiger partial charge >= 0.3 is 0 Å². The minimum atomic E-state index is -0.344. The third kappa shape index (κ3) is 2.48. The summed E-state index contributed by atoms with van der Waals surface area (Å²) in [6.45, 7) is 0.824. The maximum absolute atomic E-state index is 14.2. The maximum atomic E-state index is 14.2. The summed E-state index contributed by atoms with van der Waals surface area (Å²) in [4.78, 5) is 8.93. The molecule has 2 aromatic heterocycles. The van der Waals surface area contributed by atoms with Crippen LogP contribution in [0.4, 0.5) is 16.2 Å². The SMILES string of the molecule is Cn1nc2nc(NCC3CC3)nc(-c3ccccc3F)c2c1N. The summed E-state index contributed by atoms with van der Waals surface area (Å²) < 4.78 is 15.8. The van der Waals surface area contributed by atoms with Crippen molar-refractivity contribution in [1.82, 2.24) is 19.7 Å². The van der Waals surface area contributed by atoms with Crippen LogP contribution in [-0.2, 0) is 7.05 Å². The molecule has 3 aromatic rings. The molecule has 23 heavy (non-hydrogen) atoms. The van der Waals surface area contributed by atoms with E-state index in [1.54, 1.807) is 25.2 Å². The molecule has 0 atom stereocenters. The van der Waals surface area contributed by atoms with E-state index >= 15 is 0 Å². The van der Waals surface area contributed by atoms with Gasteiger partial charge in [0.1, 0.15) is 11.6 Å². The number of hydrogen-bond acceptors (Lipinski definition) is 5. The second kappa shape index (κ2) is 5.19. The minimum Gasteiger partial charge on any atom is -0.383 e. The number of nitrogens with one attached hydrogen (secondary N) is 1. The number of nitrogens with two attached hydrogens (primary N) is 1. The van der Waals surface area contributed by atoms with E-state index in [2.05, 4.69) is 20.4 Å². The molecule has 6 nitrogen and oxygen atoms in total. The van der Waals surface area contributed by atoms with Gasteiger partial charge in [-0.15, -0.1) is 0 Å². The standard InChI is InChI=1S/C16H17FN6/c1-23-14(18)12-13(10-4-2-3-5-11(10)17)20-16(21-15(12)22-23)19-8-9-6-7-9/h2-5,9H,6-8,18H2,1H3,(H,19,21,22). The summed E-state index contributed by atoms with van der Waals surface area (Å²) in [5.41, 5.74) is 7.42. The van der Waals surface area contributed by atoms with Gasteiger partial charge in [-0.05, 0) is 30.9 Å². The fourth-order valence-electron chi connectivity index (χ4n) is 2.60. The molecule has 1 aliphatic carbocycles. The van der Waals surface area contributed by atoms with Gasteiger partial charge in [0.05, 0.1) is 11.1 Å². The molecule has 4 rings (SSSR count). The highest BCUT2D eigenvalue weighted by atomic mass is 19.1. The van der Waals surface area contributed by atoms with Crippen LogP contribution >= 0.6 is 0 Å². The highest BCUT2D eigenvalue weighted by Crippen LogP contribution is 2.33. The van der Waals surface area contributed by atoms with Crippen LogP contribution in [0.3, 0.4) is 0 Å². The van der Waals surface area contributed by atoms with Crippen molar-refractivity contribution in [3.05, 3.63) is 30.1 Å². The number of anilines is 2. The van der Waals surface area contributed by atoms with Crippen molar-refractivity contribution < 1.29 is 4.39 Å². The van der Waals surface area contributed by atoms with Gasteiger partial charge in [-0.1, -0.05) is 12.1 Å². The number of rotatable bonds is 4. The lowest BCUT2D eigenvalue weighted by atomic mass is 10.1. The van der Waals surface area contributed by atoms with Gasteiger partial charge in [0.25, 0.3) is 0 Å². The van der Waals surface area contributed by atoms with Crippen LogP contribution in [0.25, 0.3) is 22.3 Å². The second-order valence-corrected chi connectivity index (χ2v) is 5.91. The molecule has 0 aliphatic heterocycles. The molecule has 0 radical (unpaired) electrons. The first kappa shape index (κ1) is 13.9. The number of hydrogen-bond donors (Lipinski definition) is 2. The van der Waals surface area contributed by atoms with Crippen molar-refractivity contribution in [2.75, 3.05) is 17.6 Å². The topological polar surface area (TPSA) is 81.7 Å². The molecular formula is C16H17FN6. The Morgan fingerprint density at radius 3 is 2.83 bits per heavy atom. The van der Waals surface area contributed by atoms with E-state index in [0.717, 1.165) is 6.54 Å². The van der Waals surface area contributed by atoms with E-state index in [1.807, 2.05) is 0 Å². The highest BCUT2D eigenvalue weighted by Gasteiger charge is 2.23. The largest absolute Gasteiger partial charge is 0.383 e. The molecule has 0 saturated heterocycles. The summed E-state index contributed by atoms with van der Waals surface area (Å²) in [6, 6.07) is 6.52. The zero-order valence-corrected chi connectivity index (χ0v) is 12.8. The van der Waals surface area contributed by atoms with E-state index in [0.29, 0.717) is 40.0 Å². The first-order chi connectivity index (χ1) is 11.1. The predicted octanol–water partition coefficient (Wildman–Crippen LogP) is 2.57. The molecule has 1 aromatic carbocycles. The number of benzene rings is 1. The summed E-state index contributed by atoms with van der Waals surface area (Å²) in [5, 5.41) is 8.11. The van der Waals surface area contributed by atoms with Gasteiger partial charge in [0.15, 0.2) is 5.65 Å². The Balaban J connectivity index is 1.89. The molecule has 2 heterocycles. The molecule has 0 spiro atoms. The molecule has 0 amide bonds. The average molecular weight is 312 g/mol. The third-order valence-electron chi connectivity index (χ3n) is 4.11. The Bertz CT molecular complexity index is 884. The Morgan fingerprint density at radius 1 is 1.30 bits per heavy atom. The van der Waals surface area contributed by atoms with Crippen LogP contribution in [0.15, 0.2) is 24.3 Å². The van der Waals surface area contributed by atoms with Gasteiger partial charge in [-0.25, -0.2) is 9.37 Å². The van der Waals surface area contributed by atoms with Gasteiger partial charge in [0.2, 0.25) is 5.95 Å². The van der Waals surface area contributed by atoms with Crippen molar-refractivity contribution in [2.24, 2.45) is 13.0 Å². The number of aromatic nitrogens is 4. The van der Waals surface area contributed by atoms with Gasteiger partial charge in [0, 0.05) is 19.2 Å². The van der Waals surface area contributed by atoms with Crippen LogP contribution in [0.1, 0.15) is 12.8 Å². The Kier molecular flexibility index (Phi) is 3.14. The van der Waals surface area contributed by atoms with Gasteiger partial charge in [-0.3, -0.25) is 4.68 Å². The lowest BCUT2D eigenvalue weighted by molar-refractivity contribution is 0.631. The normalized spacial score (nSPS) is 14.3. The maximum Gasteiger partial charge on any atom is 0.225 e. The Hall–Kier alpha value is -2.70. The fourth-order valence-corrected chi connectivity index (χ4v) is 2.60. The first-order valence-electron chi connectivity index (χ1n) is 7.62. The van der Waals surface area contributed by atoms with E-state index < -0.39 is 0 Å². The smallest absolute Gasteiger partial charge is 0.225 e. The van der Waals surface area contributed by atoms with Crippen molar-refractivity contribution in [1.29, 1.82) is 0 Å². The van der Waals surface area contributed by atoms with Crippen molar-refractivity contribution in [3.63, 3.8) is 0 Å². The molecule has 118 valence electrons. The third-order valence-corrected chi connectivity index (χ3v) is 4.11. The lowest BCUT2D eigenvalue weighted by Crippen LogP contribution is -2.08. The number of fused-ring (bicyclic) bond motifs is 1. The molecule has 1 saturated carbocycles. The molecule has 0 unspecified atom stereocenters. The van der Waals surface area contributed by atoms with Crippen LogP contribution in [0.2, 0.25) is 0 Å². The van der Waals surface area contributed by atoms with Gasteiger partial charge < -0.3 is 11.1 Å². The number of aryl methyl sites for hydroxylation is 1. The predicted molar refractivity (Wildman–Crippen MR) is 87.3 cm³/mol. The summed E-state index contributed by atoms with van der Waals surface area (Å²) >= 11 is 0. The van der Waals surface area contributed by atoms with Crippen LogP contribution in [0.5, 0.6) is 0 Å². The zero-order valence-electron chi connectivity index (χ0n) is 12.8. The van der Waals surface area contributed by atoms with E-state index in [4.69, 9.17) is 5.73 Å². The molecular weight excluding hydrogens is 295 g/mol. The molecule has 3 N–H and O–H groups in total. The van der Waals surface area contributed by atoms with Crippen LogP contribution < -0.4 is 11.1 Å². The van der Waals surface area contributed by atoms with E-state index in [-0.39, 0.29) is 5.82 Å². The Morgan fingerprint density at radius 2 is 2.09 bits per heavy atom.